The first-order valence-corrected chi connectivity index (χ1v) is 20.4. The summed E-state index contributed by atoms with van der Waals surface area (Å²) in [5, 5.41) is 10.6. The van der Waals surface area contributed by atoms with Gasteiger partial charge in [-0.2, -0.15) is 9.35 Å². The molecule has 0 spiro atoms. The number of aliphatic hydroxyl groups is 1. The predicted molar refractivity (Wildman–Crippen MR) is 171 cm³/mol. The largest absolute Gasteiger partial charge is 0.456 e. The molecule has 5 atom stereocenters. The third-order valence-electron chi connectivity index (χ3n) is 7.60. The number of benzene rings is 1. The normalized spacial score (nSPS) is 23.0. The molecule has 0 amide bonds. The summed E-state index contributed by atoms with van der Waals surface area (Å²) < 4.78 is 43.5. The summed E-state index contributed by atoms with van der Waals surface area (Å²) in [6.07, 6.45) is 2.87. The number of hydrogen-bond donors (Lipinski definition) is 1. The molecule has 1 N–H and O–H groups in total. The van der Waals surface area contributed by atoms with Gasteiger partial charge in [0.15, 0.2) is 11.8 Å². The van der Waals surface area contributed by atoms with Gasteiger partial charge in [0, 0.05) is 38.9 Å². The van der Waals surface area contributed by atoms with Crippen molar-refractivity contribution in [2.45, 2.75) is 61.7 Å². The van der Waals surface area contributed by atoms with E-state index in [1.165, 1.54) is 0 Å². The average Bonchev–Trinajstić information content (AvgIpc) is 3.66. The number of hydrogen-bond acceptors (Lipinski definition) is 10. The molecule has 6 rings (SSSR count). The summed E-state index contributed by atoms with van der Waals surface area (Å²) in [6.45, 7) is 8.18. The van der Waals surface area contributed by atoms with Crippen molar-refractivity contribution in [1.82, 2.24) is 19.5 Å². The van der Waals surface area contributed by atoms with Gasteiger partial charge in [0.25, 0.3) is 0 Å². The number of imidazole rings is 1. The van der Waals surface area contributed by atoms with Gasteiger partial charge in [-0.25, -0.2) is 9.19 Å². The van der Waals surface area contributed by atoms with E-state index in [2.05, 4.69) is 29.0 Å². The first kappa shape index (κ1) is 31.1. The van der Waals surface area contributed by atoms with Crippen LogP contribution in [0.3, 0.4) is 0 Å². The number of aliphatic hydroxyl groups excluding tert-OH is 1. The highest BCUT2D eigenvalue weighted by molar-refractivity contribution is 7.93. The average molecular weight is 658 g/mol. The molecule has 4 aromatic rings. The fraction of sp³-hybridized carbons (Fsp3) is 0.433. The minimum atomic E-state index is -2.65. The molecule has 0 saturated carbocycles. The molecular weight excluding hydrogens is 622 g/mol. The molecule has 5 heterocycles. The topological polar surface area (TPSA) is 130 Å². The van der Waals surface area contributed by atoms with Crippen LogP contribution < -0.4 is 4.74 Å². The van der Waals surface area contributed by atoms with Crippen LogP contribution in [-0.2, 0) is 30.7 Å². The zero-order valence-electron chi connectivity index (χ0n) is 25.1. The molecule has 234 valence electrons. The van der Waals surface area contributed by atoms with Crippen LogP contribution in [0.5, 0.6) is 6.01 Å². The Morgan fingerprint density at radius 3 is 2.55 bits per heavy atom. The van der Waals surface area contributed by atoms with Gasteiger partial charge < -0.3 is 24.1 Å². The Labute approximate surface area is 262 Å². The number of rotatable bonds is 10. The van der Waals surface area contributed by atoms with Crippen LogP contribution in [0.25, 0.3) is 22.4 Å². The van der Waals surface area contributed by atoms with Crippen molar-refractivity contribution >= 4 is 46.3 Å². The Morgan fingerprint density at radius 1 is 1.09 bits per heavy atom. The highest BCUT2D eigenvalue weighted by Crippen LogP contribution is 2.34. The molecule has 0 radical (unpaired) electrons. The summed E-state index contributed by atoms with van der Waals surface area (Å²) >= 11 is 6.74. The Balaban J connectivity index is 1.31. The molecule has 2 fully saturated rings. The van der Waals surface area contributed by atoms with Gasteiger partial charge in [-0.1, -0.05) is 43.4 Å². The highest BCUT2D eigenvalue weighted by atomic mass is 35.5. The zero-order valence-corrected chi connectivity index (χ0v) is 27.6. The maximum atomic E-state index is 13.2. The minimum Gasteiger partial charge on any atom is -0.456 e. The lowest BCUT2D eigenvalue weighted by Gasteiger charge is -2.19. The number of ether oxygens (including phenoxy) is 4. The lowest BCUT2D eigenvalue weighted by molar-refractivity contribution is 0.00336. The first-order chi connectivity index (χ1) is 21.0. The summed E-state index contributed by atoms with van der Waals surface area (Å²) in [4.78, 5) is 14.2. The van der Waals surface area contributed by atoms with Crippen LogP contribution in [0.2, 0.25) is 30.7 Å². The SMILES string of the molecule is C[Si](C)(C)CCOCn1c(O[C@@H]2CO[C@H]3[C@@H]2OC[C@H]3O)nc2cc(Cl)c(-c3ccc(N=S(C)(=O)c4ccncc4)cc3)nc21. The molecule has 2 saturated heterocycles. The van der Waals surface area contributed by atoms with Gasteiger partial charge in [-0.15, -0.1) is 0 Å². The number of halogens is 1. The maximum Gasteiger partial charge on any atom is 0.301 e. The van der Waals surface area contributed by atoms with E-state index in [0.717, 1.165) is 11.6 Å². The molecule has 3 aromatic heterocycles. The van der Waals surface area contributed by atoms with Crippen LogP contribution in [0.4, 0.5) is 5.69 Å². The van der Waals surface area contributed by atoms with E-state index in [9.17, 15) is 9.32 Å². The summed E-state index contributed by atoms with van der Waals surface area (Å²) in [5.41, 5.74) is 3.00. The van der Waals surface area contributed by atoms with Crippen LogP contribution in [0.15, 0.2) is 64.1 Å². The fourth-order valence-corrected chi connectivity index (χ4v) is 7.42. The Kier molecular flexibility index (Phi) is 8.81. The zero-order chi connectivity index (χ0) is 31.1. The van der Waals surface area contributed by atoms with Gasteiger partial charge in [0.1, 0.15) is 30.6 Å². The molecule has 1 unspecified atom stereocenters. The second kappa shape index (κ2) is 12.5. The molecule has 11 nitrogen and oxygen atoms in total. The summed E-state index contributed by atoms with van der Waals surface area (Å²) in [7, 11) is -3.94. The molecule has 2 aliphatic rings. The summed E-state index contributed by atoms with van der Waals surface area (Å²) in [5.74, 6) is 0. The Bertz CT molecular complexity index is 1760. The van der Waals surface area contributed by atoms with E-state index in [4.69, 9.17) is 40.5 Å². The standard InChI is InChI=1S/C30H36ClN5O6SSi/c1-43(38,21-9-11-32-12-10-21)35-20-7-5-19(6-8-20)26-22(31)15-23-29(34-26)36(18-39-13-14-44(2,3)4)30(33-23)42-25-17-41-27-24(37)16-40-28(25)27/h5-12,15,24-25,27-28,37H,13-14,16-18H2,1-4H3/t24-,25-,27-,28-,43?/m1/s1. The second-order valence-electron chi connectivity index (χ2n) is 12.3. The second-order valence-corrected chi connectivity index (χ2v) is 20.6. The Morgan fingerprint density at radius 2 is 1.82 bits per heavy atom. The predicted octanol–water partition coefficient (Wildman–Crippen LogP) is 5.15. The van der Waals surface area contributed by atoms with Crippen LogP contribution in [0, 0.1) is 0 Å². The van der Waals surface area contributed by atoms with Gasteiger partial charge in [-0.3, -0.25) is 9.55 Å². The van der Waals surface area contributed by atoms with Gasteiger partial charge in [-0.05, 0) is 36.4 Å². The van der Waals surface area contributed by atoms with E-state index in [1.807, 2.05) is 12.1 Å². The maximum absolute atomic E-state index is 13.2. The van der Waals surface area contributed by atoms with Crippen molar-refractivity contribution in [2.75, 3.05) is 26.1 Å². The van der Waals surface area contributed by atoms with E-state index < -0.39 is 42.2 Å². The number of pyridine rings is 2. The third-order valence-corrected chi connectivity index (χ3v) is 11.3. The fourth-order valence-electron chi connectivity index (χ4n) is 5.15. The van der Waals surface area contributed by atoms with Crippen molar-refractivity contribution < 1.29 is 28.3 Å². The Hall–Kier alpha value is -2.91. The number of nitrogens with zero attached hydrogens (tertiary/aromatic N) is 5. The molecule has 44 heavy (non-hydrogen) atoms. The van der Waals surface area contributed by atoms with Crippen molar-refractivity contribution in [3.63, 3.8) is 0 Å². The van der Waals surface area contributed by atoms with Crippen molar-refractivity contribution in [2.24, 2.45) is 4.36 Å². The highest BCUT2D eigenvalue weighted by Gasteiger charge is 2.49. The van der Waals surface area contributed by atoms with E-state index in [0.29, 0.717) is 45.1 Å². The number of aromatic nitrogens is 4. The third kappa shape index (κ3) is 6.69. The lowest BCUT2D eigenvalue weighted by atomic mass is 10.1. The van der Waals surface area contributed by atoms with E-state index in [-0.39, 0.29) is 19.9 Å². The molecule has 0 bridgehead atoms. The smallest absolute Gasteiger partial charge is 0.301 e. The quantitative estimate of drug-likeness (QED) is 0.182. The van der Waals surface area contributed by atoms with Gasteiger partial charge >= 0.3 is 6.01 Å². The minimum absolute atomic E-state index is 0.188. The number of fused-ring (bicyclic) bond motifs is 2. The van der Waals surface area contributed by atoms with Gasteiger partial charge in [0.2, 0.25) is 0 Å². The van der Waals surface area contributed by atoms with Crippen molar-refractivity contribution in [3.8, 4) is 17.3 Å². The van der Waals surface area contributed by atoms with Crippen molar-refractivity contribution in [1.29, 1.82) is 0 Å². The monoisotopic (exact) mass is 657 g/mol. The van der Waals surface area contributed by atoms with E-state index in [1.54, 1.807) is 53.5 Å². The van der Waals surface area contributed by atoms with Crippen LogP contribution >= 0.6 is 11.6 Å². The molecule has 2 aliphatic heterocycles. The summed E-state index contributed by atoms with van der Waals surface area (Å²) in [6, 6.07) is 13.8. The van der Waals surface area contributed by atoms with E-state index >= 15 is 0 Å². The lowest BCUT2D eigenvalue weighted by Crippen LogP contribution is -2.35. The molecule has 0 aliphatic carbocycles. The van der Waals surface area contributed by atoms with Crippen LogP contribution in [-0.4, -0.2) is 87.4 Å². The first-order valence-electron chi connectivity index (χ1n) is 14.4. The molecular formula is C30H36ClN5O6SSi. The van der Waals surface area contributed by atoms with Crippen molar-refractivity contribution in [3.05, 3.63) is 59.9 Å². The van der Waals surface area contributed by atoms with Gasteiger partial charge in [0.05, 0.1) is 44.2 Å². The van der Waals surface area contributed by atoms with Crippen LogP contribution in [0.1, 0.15) is 0 Å². The molecule has 14 heteroatoms. The molecule has 1 aromatic carbocycles.